The molecule has 0 aliphatic heterocycles. The number of rotatable bonds is 2. The summed E-state index contributed by atoms with van der Waals surface area (Å²) in [4.78, 5) is 14.8. The molecule has 2 aromatic rings. The van der Waals surface area contributed by atoms with Gasteiger partial charge >= 0.3 is 0 Å². The first-order valence-corrected chi connectivity index (χ1v) is 4.00. The van der Waals surface area contributed by atoms with Crippen LogP contribution < -0.4 is 0 Å². The van der Waals surface area contributed by atoms with Crippen molar-refractivity contribution in [1.29, 1.82) is 0 Å². The van der Waals surface area contributed by atoms with Gasteiger partial charge in [0.05, 0.1) is 11.8 Å². The topological polar surface area (TPSA) is 73.8 Å². The predicted molar refractivity (Wildman–Crippen MR) is 46.5 cm³/mol. The fourth-order valence-electron chi connectivity index (χ4n) is 1.02. The normalized spacial score (nSPS) is 10.4. The Hall–Kier alpha value is -1.98. The van der Waals surface area contributed by atoms with E-state index in [2.05, 4.69) is 15.2 Å². The summed E-state index contributed by atoms with van der Waals surface area (Å²) >= 11 is 0. The zero-order valence-electron chi connectivity index (χ0n) is 7.76. The lowest BCUT2D eigenvalue weighted by molar-refractivity contribution is 0.0972. The lowest BCUT2D eigenvalue weighted by atomic mass is 10.3. The third-order valence-corrected chi connectivity index (χ3v) is 1.69. The van der Waals surface area contributed by atoms with Crippen LogP contribution in [0.2, 0.25) is 0 Å². The van der Waals surface area contributed by atoms with Crippen molar-refractivity contribution >= 4 is 5.78 Å². The highest BCUT2D eigenvalue weighted by molar-refractivity contribution is 5.89. The Labute approximate surface area is 79.5 Å². The van der Waals surface area contributed by atoms with Gasteiger partial charge in [0.25, 0.3) is 5.89 Å². The Balaban J connectivity index is 2.38. The summed E-state index contributed by atoms with van der Waals surface area (Å²) < 4.78 is 6.37. The third kappa shape index (κ3) is 1.41. The summed E-state index contributed by atoms with van der Waals surface area (Å²) in [5.74, 6) is 0.153. The van der Waals surface area contributed by atoms with Crippen LogP contribution in [0, 0.1) is 0 Å². The number of aromatic nitrogens is 4. The van der Waals surface area contributed by atoms with Gasteiger partial charge in [0.15, 0.2) is 0 Å². The Morgan fingerprint density at radius 1 is 1.57 bits per heavy atom. The van der Waals surface area contributed by atoms with Crippen molar-refractivity contribution in [3.05, 3.63) is 18.3 Å². The molecule has 72 valence electrons. The monoisotopic (exact) mass is 192 g/mol. The van der Waals surface area contributed by atoms with Crippen LogP contribution in [-0.4, -0.2) is 25.7 Å². The zero-order valence-corrected chi connectivity index (χ0v) is 7.76. The molecule has 0 aliphatic carbocycles. The number of aryl methyl sites for hydroxylation is 1. The van der Waals surface area contributed by atoms with Crippen LogP contribution in [0.1, 0.15) is 17.6 Å². The van der Waals surface area contributed by atoms with Crippen molar-refractivity contribution in [3.63, 3.8) is 0 Å². The molecule has 6 nitrogen and oxygen atoms in total. The van der Waals surface area contributed by atoms with Gasteiger partial charge in [-0.3, -0.25) is 9.48 Å². The molecule has 0 atom stereocenters. The van der Waals surface area contributed by atoms with Crippen molar-refractivity contribution in [2.45, 2.75) is 6.92 Å². The molecular weight excluding hydrogens is 184 g/mol. The van der Waals surface area contributed by atoms with Crippen molar-refractivity contribution in [3.8, 4) is 11.4 Å². The Morgan fingerprint density at radius 3 is 2.86 bits per heavy atom. The second-order valence-electron chi connectivity index (χ2n) is 2.88. The van der Waals surface area contributed by atoms with E-state index in [0.717, 1.165) is 5.56 Å². The van der Waals surface area contributed by atoms with Gasteiger partial charge in [0, 0.05) is 20.2 Å². The summed E-state index contributed by atoms with van der Waals surface area (Å²) in [6.07, 6.45) is 3.35. The Morgan fingerprint density at radius 2 is 2.36 bits per heavy atom. The summed E-state index contributed by atoms with van der Waals surface area (Å²) in [6.45, 7) is 1.38. The van der Waals surface area contributed by atoms with Gasteiger partial charge < -0.3 is 4.52 Å². The second-order valence-corrected chi connectivity index (χ2v) is 2.88. The Kier molecular flexibility index (Phi) is 1.88. The predicted octanol–water partition coefficient (Wildman–Crippen LogP) is 0.673. The molecule has 14 heavy (non-hydrogen) atoms. The standard InChI is InChI=1S/C8H8N4O2/c1-5(13)8-10-7(11-14-8)6-3-9-12(2)4-6/h3-4H,1-2H3. The SMILES string of the molecule is CC(=O)c1nc(-c2cnn(C)c2)no1. The number of hydrogen-bond acceptors (Lipinski definition) is 5. The average Bonchev–Trinajstić information content (AvgIpc) is 2.70. The number of Topliss-reactive ketones (excluding diaryl/α,β-unsaturated/α-hetero) is 1. The van der Waals surface area contributed by atoms with Gasteiger partial charge in [-0.2, -0.15) is 10.1 Å². The number of carbonyl (C=O) groups is 1. The largest absolute Gasteiger partial charge is 0.330 e. The minimum Gasteiger partial charge on any atom is -0.330 e. The highest BCUT2D eigenvalue weighted by atomic mass is 16.5. The van der Waals surface area contributed by atoms with E-state index in [0.29, 0.717) is 5.82 Å². The maximum atomic E-state index is 10.9. The van der Waals surface area contributed by atoms with E-state index in [9.17, 15) is 4.79 Å². The van der Waals surface area contributed by atoms with Crippen molar-refractivity contribution < 1.29 is 9.32 Å². The van der Waals surface area contributed by atoms with Gasteiger partial charge in [0.1, 0.15) is 0 Å². The molecule has 2 rings (SSSR count). The van der Waals surface area contributed by atoms with Crippen LogP contribution in [0.3, 0.4) is 0 Å². The summed E-state index contributed by atoms with van der Waals surface area (Å²) in [5, 5.41) is 7.62. The maximum Gasteiger partial charge on any atom is 0.294 e. The van der Waals surface area contributed by atoms with Gasteiger partial charge in [-0.25, -0.2) is 0 Å². The van der Waals surface area contributed by atoms with Crippen LogP contribution in [0.25, 0.3) is 11.4 Å². The van der Waals surface area contributed by atoms with Crippen LogP contribution in [0.15, 0.2) is 16.9 Å². The van der Waals surface area contributed by atoms with Gasteiger partial charge in [-0.05, 0) is 0 Å². The van der Waals surface area contributed by atoms with E-state index >= 15 is 0 Å². The molecule has 6 heteroatoms. The molecule has 0 amide bonds. The summed E-state index contributed by atoms with van der Waals surface area (Å²) in [6, 6.07) is 0. The van der Waals surface area contributed by atoms with E-state index in [1.165, 1.54) is 6.92 Å². The Bertz CT molecular complexity index is 471. The molecule has 2 aromatic heterocycles. The molecule has 0 saturated carbocycles. The number of hydrogen-bond donors (Lipinski definition) is 0. The molecule has 0 aliphatic rings. The fraction of sp³-hybridized carbons (Fsp3) is 0.250. The van der Waals surface area contributed by atoms with Gasteiger partial charge in [-0.15, -0.1) is 0 Å². The highest BCUT2D eigenvalue weighted by Gasteiger charge is 2.12. The zero-order chi connectivity index (χ0) is 10.1. The number of nitrogens with zero attached hydrogens (tertiary/aromatic N) is 4. The quantitative estimate of drug-likeness (QED) is 0.654. The van der Waals surface area contributed by atoms with Crippen LogP contribution in [-0.2, 0) is 7.05 Å². The van der Waals surface area contributed by atoms with Crippen LogP contribution in [0.5, 0.6) is 0 Å². The molecule has 0 unspecified atom stereocenters. The van der Waals surface area contributed by atoms with E-state index in [1.807, 2.05) is 0 Å². The molecule has 0 radical (unpaired) electrons. The second kappa shape index (κ2) is 3.06. The van der Waals surface area contributed by atoms with Crippen LogP contribution in [0.4, 0.5) is 0 Å². The number of carbonyl (C=O) groups excluding carboxylic acids is 1. The molecule has 2 heterocycles. The maximum absolute atomic E-state index is 10.9. The minimum absolute atomic E-state index is 0.0175. The molecule has 0 fully saturated rings. The molecular formula is C8H8N4O2. The first-order valence-electron chi connectivity index (χ1n) is 4.00. The van der Waals surface area contributed by atoms with Gasteiger partial charge in [0.2, 0.25) is 11.6 Å². The van der Waals surface area contributed by atoms with Gasteiger partial charge in [-0.1, -0.05) is 5.16 Å². The molecule has 0 saturated heterocycles. The van der Waals surface area contributed by atoms with Crippen molar-refractivity contribution in [1.82, 2.24) is 19.9 Å². The molecule has 0 bridgehead atoms. The number of ketones is 1. The summed E-state index contributed by atoms with van der Waals surface area (Å²) in [5.41, 5.74) is 0.726. The highest BCUT2D eigenvalue weighted by Crippen LogP contribution is 2.13. The smallest absolute Gasteiger partial charge is 0.294 e. The van der Waals surface area contributed by atoms with E-state index in [-0.39, 0.29) is 11.7 Å². The molecule has 0 aromatic carbocycles. The van der Waals surface area contributed by atoms with Crippen molar-refractivity contribution in [2.75, 3.05) is 0 Å². The average molecular weight is 192 g/mol. The van der Waals surface area contributed by atoms with E-state index < -0.39 is 0 Å². The lowest BCUT2D eigenvalue weighted by Crippen LogP contribution is -1.90. The van der Waals surface area contributed by atoms with E-state index in [4.69, 9.17) is 4.52 Å². The van der Waals surface area contributed by atoms with E-state index in [1.54, 1.807) is 24.1 Å². The molecule has 0 N–H and O–H groups in total. The fourth-order valence-corrected chi connectivity index (χ4v) is 1.02. The first kappa shape index (κ1) is 8.61. The summed E-state index contributed by atoms with van der Waals surface area (Å²) in [7, 11) is 1.79. The third-order valence-electron chi connectivity index (χ3n) is 1.69. The first-order chi connectivity index (χ1) is 6.66. The molecule has 0 spiro atoms. The van der Waals surface area contributed by atoms with Crippen LogP contribution >= 0.6 is 0 Å². The lowest BCUT2D eigenvalue weighted by Gasteiger charge is -1.82. The van der Waals surface area contributed by atoms with Crippen molar-refractivity contribution in [2.24, 2.45) is 7.05 Å². The minimum atomic E-state index is -0.243.